The number of hydrogen-bond acceptors (Lipinski definition) is 6. The molecule has 2 aromatic rings. The maximum absolute atomic E-state index is 11.0. The summed E-state index contributed by atoms with van der Waals surface area (Å²) in [6.07, 6.45) is 3.22. The lowest BCUT2D eigenvalue weighted by Crippen LogP contribution is -2.29. The third-order valence-electron chi connectivity index (χ3n) is 2.35. The number of aromatic nitrogens is 6. The Morgan fingerprint density at radius 2 is 2.39 bits per heavy atom. The summed E-state index contributed by atoms with van der Waals surface area (Å²) < 4.78 is 3.30. The number of amides is 1. The fourth-order valence-electron chi connectivity index (χ4n) is 1.37. The van der Waals surface area contributed by atoms with Crippen molar-refractivity contribution in [2.75, 3.05) is 6.54 Å². The van der Waals surface area contributed by atoms with Gasteiger partial charge in [-0.1, -0.05) is 5.21 Å². The second-order valence-corrected chi connectivity index (χ2v) is 3.69. The maximum atomic E-state index is 11.0. The third-order valence-corrected chi connectivity index (χ3v) is 2.35. The summed E-state index contributed by atoms with van der Waals surface area (Å²) >= 11 is 0. The van der Waals surface area contributed by atoms with Gasteiger partial charge < -0.3 is 11.1 Å². The number of nitrogens with zero attached hydrogens (tertiary/aromatic N) is 6. The van der Waals surface area contributed by atoms with Crippen molar-refractivity contribution >= 4 is 5.91 Å². The Morgan fingerprint density at radius 1 is 1.56 bits per heavy atom. The van der Waals surface area contributed by atoms with Crippen molar-refractivity contribution in [1.29, 1.82) is 0 Å². The summed E-state index contributed by atoms with van der Waals surface area (Å²) in [5.74, 6) is 0.551. The minimum absolute atomic E-state index is 0.0346. The summed E-state index contributed by atoms with van der Waals surface area (Å²) in [7, 11) is 1.81. The van der Waals surface area contributed by atoms with E-state index in [4.69, 9.17) is 5.73 Å². The highest BCUT2D eigenvalue weighted by Gasteiger charge is 2.06. The molecule has 1 amide bonds. The zero-order valence-corrected chi connectivity index (χ0v) is 9.94. The first-order valence-corrected chi connectivity index (χ1v) is 5.37. The van der Waals surface area contributed by atoms with Gasteiger partial charge in [-0.25, -0.2) is 9.67 Å². The Morgan fingerprint density at radius 3 is 3.06 bits per heavy atom. The first-order valence-electron chi connectivity index (χ1n) is 5.37. The maximum Gasteiger partial charge on any atom is 0.234 e. The van der Waals surface area contributed by atoms with Crippen LogP contribution in [0, 0.1) is 0 Å². The summed E-state index contributed by atoms with van der Waals surface area (Å²) in [5.41, 5.74) is 5.84. The average molecular weight is 250 g/mol. The highest BCUT2D eigenvalue weighted by Crippen LogP contribution is 1.97. The zero-order valence-electron chi connectivity index (χ0n) is 9.94. The van der Waals surface area contributed by atoms with E-state index in [1.165, 1.54) is 6.33 Å². The molecule has 9 nitrogen and oxygen atoms in total. The molecule has 0 bridgehead atoms. The number of carbonyl (C=O) groups excluding carboxylic acids is 1. The molecule has 0 aliphatic rings. The molecule has 0 radical (unpaired) electrons. The molecule has 0 atom stereocenters. The van der Waals surface area contributed by atoms with Gasteiger partial charge in [0, 0.05) is 7.05 Å². The molecule has 0 saturated carbocycles. The van der Waals surface area contributed by atoms with Gasteiger partial charge in [0.15, 0.2) is 0 Å². The minimum atomic E-state index is -0.224. The lowest BCUT2D eigenvalue weighted by Gasteiger charge is -1.99. The van der Waals surface area contributed by atoms with E-state index in [-0.39, 0.29) is 12.5 Å². The van der Waals surface area contributed by atoms with Crippen LogP contribution in [0.5, 0.6) is 0 Å². The molecule has 0 saturated heterocycles. The van der Waals surface area contributed by atoms with Crippen LogP contribution in [-0.2, 0) is 24.9 Å². The van der Waals surface area contributed by atoms with Gasteiger partial charge >= 0.3 is 0 Å². The van der Waals surface area contributed by atoms with E-state index >= 15 is 0 Å². The summed E-state index contributed by atoms with van der Waals surface area (Å²) in [4.78, 5) is 15.1. The SMILES string of the molecule is Cn1ncnc1Cn1cc(CNC(=O)CN)nn1. The van der Waals surface area contributed by atoms with Crippen molar-refractivity contribution in [1.82, 2.24) is 35.1 Å². The molecule has 3 N–H and O–H groups in total. The second-order valence-electron chi connectivity index (χ2n) is 3.69. The van der Waals surface area contributed by atoms with E-state index in [2.05, 4.69) is 25.7 Å². The molecule has 2 rings (SSSR count). The molecule has 2 aromatic heterocycles. The fraction of sp³-hybridized carbons (Fsp3) is 0.444. The van der Waals surface area contributed by atoms with Gasteiger partial charge in [-0.05, 0) is 0 Å². The first kappa shape index (κ1) is 12.2. The third kappa shape index (κ3) is 2.88. The molecule has 2 heterocycles. The Balaban J connectivity index is 1.94. The van der Waals surface area contributed by atoms with E-state index < -0.39 is 0 Å². The van der Waals surface area contributed by atoms with Crippen LogP contribution in [0.3, 0.4) is 0 Å². The van der Waals surface area contributed by atoms with Gasteiger partial charge in [-0.3, -0.25) is 9.48 Å². The molecule has 96 valence electrons. The van der Waals surface area contributed by atoms with Gasteiger partial charge in [0.1, 0.15) is 24.4 Å². The van der Waals surface area contributed by atoms with Gasteiger partial charge in [0.2, 0.25) is 5.91 Å². The molecule has 0 spiro atoms. The lowest BCUT2D eigenvalue weighted by molar-refractivity contribution is -0.119. The largest absolute Gasteiger partial charge is 0.349 e. The first-order chi connectivity index (χ1) is 8.69. The molecular weight excluding hydrogens is 236 g/mol. The second kappa shape index (κ2) is 5.36. The van der Waals surface area contributed by atoms with Crippen molar-refractivity contribution in [3.63, 3.8) is 0 Å². The van der Waals surface area contributed by atoms with Gasteiger partial charge in [0.25, 0.3) is 0 Å². The molecule has 0 fully saturated rings. The van der Waals surface area contributed by atoms with Crippen LogP contribution in [0.25, 0.3) is 0 Å². The van der Waals surface area contributed by atoms with Crippen LogP contribution < -0.4 is 11.1 Å². The van der Waals surface area contributed by atoms with Crippen molar-refractivity contribution < 1.29 is 4.79 Å². The van der Waals surface area contributed by atoms with Crippen molar-refractivity contribution in [2.45, 2.75) is 13.1 Å². The predicted molar refractivity (Wildman–Crippen MR) is 61.0 cm³/mol. The smallest absolute Gasteiger partial charge is 0.234 e. The van der Waals surface area contributed by atoms with E-state index in [9.17, 15) is 4.79 Å². The number of carbonyl (C=O) groups is 1. The fourth-order valence-corrected chi connectivity index (χ4v) is 1.37. The van der Waals surface area contributed by atoms with Crippen molar-refractivity contribution in [3.8, 4) is 0 Å². The highest BCUT2D eigenvalue weighted by molar-refractivity contribution is 5.77. The Kier molecular flexibility index (Phi) is 3.63. The van der Waals surface area contributed by atoms with E-state index in [1.54, 1.807) is 15.6 Å². The van der Waals surface area contributed by atoms with Crippen LogP contribution in [-0.4, -0.2) is 42.2 Å². The van der Waals surface area contributed by atoms with Crippen LogP contribution in [0.15, 0.2) is 12.5 Å². The van der Waals surface area contributed by atoms with Crippen LogP contribution in [0.4, 0.5) is 0 Å². The lowest BCUT2D eigenvalue weighted by atomic mass is 10.4. The summed E-state index contributed by atoms with van der Waals surface area (Å²) in [5, 5.41) is 14.5. The van der Waals surface area contributed by atoms with Gasteiger partial charge in [0.05, 0.1) is 19.3 Å². The topological polar surface area (TPSA) is 117 Å². The van der Waals surface area contributed by atoms with Crippen LogP contribution in [0.1, 0.15) is 11.5 Å². The predicted octanol–water partition coefficient (Wildman–Crippen LogP) is -1.97. The van der Waals surface area contributed by atoms with Crippen molar-refractivity contribution in [2.24, 2.45) is 12.8 Å². The average Bonchev–Trinajstić information content (AvgIpc) is 2.97. The molecule has 0 aliphatic carbocycles. The van der Waals surface area contributed by atoms with E-state index in [0.29, 0.717) is 18.8 Å². The normalized spacial score (nSPS) is 10.6. The Hall–Kier alpha value is -2.29. The number of aryl methyl sites for hydroxylation is 1. The number of rotatable bonds is 5. The highest BCUT2D eigenvalue weighted by atomic mass is 16.1. The van der Waals surface area contributed by atoms with E-state index in [1.807, 2.05) is 7.05 Å². The van der Waals surface area contributed by atoms with Gasteiger partial charge in [-0.15, -0.1) is 5.10 Å². The van der Waals surface area contributed by atoms with Crippen LogP contribution in [0.2, 0.25) is 0 Å². The zero-order chi connectivity index (χ0) is 13.0. The number of nitrogens with one attached hydrogen (secondary N) is 1. The standard InChI is InChI=1S/C9H14N8O/c1-16-8(12-6-13-16)5-17-4-7(14-15-17)3-11-9(18)2-10/h4,6H,2-3,5,10H2,1H3,(H,11,18). The number of nitrogens with two attached hydrogens (primary N) is 1. The Labute approximate surface area is 103 Å². The molecule has 0 aliphatic heterocycles. The summed E-state index contributed by atoms with van der Waals surface area (Å²) in [6, 6.07) is 0. The quantitative estimate of drug-likeness (QED) is 0.635. The number of hydrogen-bond donors (Lipinski definition) is 2. The van der Waals surface area contributed by atoms with E-state index in [0.717, 1.165) is 5.82 Å². The summed E-state index contributed by atoms with van der Waals surface area (Å²) in [6.45, 7) is 0.760. The Bertz CT molecular complexity index is 530. The van der Waals surface area contributed by atoms with Crippen LogP contribution >= 0.6 is 0 Å². The molecule has 18 heavy (non-hydrogen) atoms. The molecule has 0 aromatic carbocycles. The van der Waals surface area contributed by atoms with Gasteiger partial charge in [-0.2, -0.15) is 5.10 Å². The van der Waals surface area contributed by atoms with Crippen molar-refractivity contribution in [3.05, 3.63) is 24.0 Å². The minimum Gasteiger partial charge on any atom is -0.349 e. The molecule has 9 heteroatoms. The molecule has 0 unspecified atom stereocenters. The monoisotopic (exact) mass is 250 g/mol. The molecular formula is C9H14N8O.